The number of aromatic nitrogens is 2. The Bertz CT molecular complexity index is 560. The van der Waals surface area contributed by atoms with Crippen LogP contribution in [0, 0.1) is 5.82 Å². The van der Waals surface area contributed by atoms with Crippen LogP contribution in [0.5, 0.6) is 0 Å². The zero-order chi connectivity index (χ0) is 11.8. The second kappa shape index (κ2) is 3.87. The number of fused-ring (bicyclic) bond motifs is 1. The molecule has 0 unspecified atom stereocenters. The third kappa shape index (κ3) is 1.52. The van der Waals surface area contributed by atoms with Crippen LogP contribution in [-0.4, -0.2) is 16.3 Å². The van der Waals surface area contributed by atoms with Crippen LogP contribution in [0.1, 0.15) is 18.2 Å². The molecule has 0 saturated heterocycles. The molecule has 1 aromatic heterocycles. The van der Waals surface area contributed by atoms with Gasteiger partial charge in [0.1, 0.15) is 17.3 Å². The van der Waals surface area contributed by atoms with Crippen molar-refractivity contribution in [3.05, 3.63) is 41.3 Å². The summed E-state index contributed by atoms with van der Waals surface area (Å²) in [5, 5.41) is 7.78. The van der Waals surface area contributed by atoms with E-state index in [0.717, 1.165) is 30.9 Å². The molecule has 0 aliphatic carbocycles. The lowest BCUT2D eigenvalue weighted by Crippen LogP contribution is -2.06. The maximum Gasteiger partial charge on any atom is 0.148 e. The van der Waals surface area contributed by atoms with Crippen LogP contribution in [0.15, 0.2) is 24.3 Å². The zero-order valence-electron chi connectivity index (χ0n) is 9.70. The Hall–Kier alpha value is -1.84. The summed E-state index contributed by atoms with van der Waals surface area (Å²) < 4.78 is 15.5. The molecule has 0 radical (unpaired) electrons. The van der Waals surface area contributed by atoms with Crippen LogP contribution >= 0.6 is 0 Å². The molecule has 2 heterocycles. The molecule has 3 rings (SSSR count). The molecule has 1 aliphatic heterocycles. The number of hydrogen-bond donors (Lipinski definition) is 1. The fourth-order valence-corrected chi connectivity index (χ4v) is 2.33. The molecule has 0 atom stereocenters. The lowest BCUT2D eigenvalue weighted by molar-refractivity contribution is 0.610. The summed E-state index contributed by atoms with van der Waals surface area (Å²) in [4.78, 5) is 0. The van der Waals surface area contributed by atoms with Crippen LogP contribution in [0.25, 0.3) is 5.69 Å². The molecule has 0 spiro atoms. The number of rotatable bonds is 2. The normalized spacial score (nSPS) is 13.5. The van der Waals surface area contributed by atoms with Crippen LogP contribution in [-0.2, 0) is 12.8 Å². The maximum atomic E-state index is 13.8. The Balaban J connectivity index is 2.19. The Morgan fingerprint density at radius 2 is 2.24 bits per heavy atom. The zero-order valence-corrected chi connectivity index (χ0v) is 9.70. The lowest BCUT2D eigenvalue weighted by atomic mass is 10.2. The van der Waals surface area contributed by atoms with Crippen molar-refractivity contribution in [1.82, 2.24) is 9.78 Å². The highest BCUT2D eigenvalue weighted by Crippen LogP contribution is 2.29. The van der Waals surface area contributed by atoms with E-state index in [1.54, 1.807) is 16.8 Å². The Morgan fingerprint density at radius 1 is 1.41 bits per heavy atom. The second-order valence-electron chi connectivity index (χ2n) is 4.17. The van der Waals surface area contributed by atoms with Crippen LogP contribution < -0.4 is 5.32 Å². The molecular weight excluding hydrogens is 217 g/mol. The molecule has 17 heavy (non-hydrogen) atoms. The topological polar surface area (TPSA) is 29.9 Å². The molecular formula is C13H14FN3. The van der Waals surface area contributed by atoms with E-state index in [0.29, 0.717) is 5.69 Å². The van der Waals surface area contributed by atoms with Gasteiger partial charge in [-0.05, 0) is 25.0 Å². The molecule has 3 nitrogen and oxygen atoms in total. The van der Waals surface area contributed by atoms with Crippen molar-refractivity contribution in [2.24, 2.45) is 0 Å². The quantitative estimate of drug-likeness (QED) is 0.860. The third-order valence-corrected chi connectivity index (χ3v) is 3.15. The predicted octanol–water partition coefficient (Wildman–Crippen LogP) is 2.54. The van der Waals surface area contributed by atoms with E-state index < -0.39 is 0 Å². The summed E-state index contributed by atoms with van der Waals surface area (Å²) >= 11 is 0. The van der Waals surface area contributed by atoms with Gasteiger partial charge < -0.3 is 5.32 Å². The molecule has 0 saturated carbocycles. The van der Waals surface area contributed by atoms with Crippen molar-refractivity contribution < 1.29 is 4.39 Å². The lowest BCUT2D eigenvalue weighted by Gasteiger charge is -2.06. The van der Waals surface area contributed by atoms with Gasteiger partial charge >= 0.3 is 0 Å². The molecule has 4 heteroatoms. The van der Waals surface area contributed by atoms with Gasteiger partial charge in [0.25, 0.3) is 0 Å². The fraction of sp³-hybridized carbons (Fsp3) is 0.308. The Morgan fingerprint density at radius 3 is 3.00 bits per heavy atom. The van der Waals surface area contributed by atoms with Crippen LogP contribution in [0.3, 0.4) is 0 Å². The smallest absolute Gasteiger partial charge is 0.148 e. The van der Waals surface area contributed by atoms with Gasteiger partial charge in [-0.2, -0.15) is 5.10 Å². The standard InChI is InChI=1S/C13H14FN3/c1-2-11-9-7-8-15-13(9)17(16-11)12-6-4-3-5-10(12)14/h3-6,15H,2,7-8H2,1H3. The molecule has 0 amide bonds. The molecule has 0 fully saturated rings. The van der Waals surface area contributed by atoms with Gasteiger partial charge in [-0.25, -0.2) is 9.07 Å². The van der Waals surface area contributed by atoms with Gasteiger partial charge in [0.05, 0.1) is 5.69 Å². The van der Waals surface area contributed by atoms with Gasteiger partial charge in [0.2, 0.25) is 0 Å². The van der Waals surface area contributed by atoms with Crippen LogP contribution in [0.2, 0.25) is 0 Å². The van der Waals surface area contributed by atoms with Crippen molar-refractivity contribution in [3.8, 4) is 5.69 Å². The molecule has 0 bridgehead atoms. The second-order valence-corrected chi connectivity index (χ2v) is 4.17. The van der Waals surface area contributed by atoms with E-state index in [2.05, 4.69) is 17.3 Å². The predicted molar refractivity (Wildman–Crippen MR) is 65.1 cm³/mol. The highest BCUT2D eigenvalue weighted by molar-refractivity contribution is 5.57. The van der Waals surface area contributed by atoms with E-state index in [1.807, 2.05) is 6.07 Å². The number of hydrogen-bond acceptors (Lipinski definition) is 2. The van der Waals surface area contributed by atoms with Gasteiger partial charge in [0.15, 0.2) is 0 Å². The number of benzene rings is 1. The first kappa shape index (κ1) is 10.3. The van der Waals surface area contributed by atoms with Gasteiger partial charge in [0, 0.05) is 12.1 Å². The van der Waals surface area contributed by atoms with Gasteiger partial charge in [-0.3, -0.25) is 0 Å². The van der Waals surface area contributed by atoms with E-state index >= 15 is 0 Å². The summed E-state index contributed by atoms with van der Waals surface area (Å²) in [6.07, 6.45) is 1.86. The SMILES string of the molecule is CCc1nn(-c2ccccc2F)c2c1CCN2. The average Bonchev–Trinajstić information content (AvgIpc) is 2.91. The Labute approximate surface area is 99.3 Å². The summed E-state index contributed by atoms with van der Waals surface area (Å²) in [5.74, 6) is 0.709. The number of para-hydroxylation sites is 1. The number of aryl methyl sites for hydroxylation is 1. The third-order valence-electron chi connectivity index (χ3n) is 3.15. The summed E-state index contributed by atoms with van der Waals surface area (Å²) in [5.41, 5.74) is 2.81. The molecule has 1 aromatic carbocycles. The molecule has 88 valence electrons. The van der Waals surface area contributed by atoms with Crippen molar-refractivity contribution in [1.29, 1.82) is 0 Å². The average molecular weight is 231 g/mol. The monoisotopic (exact) mass is 231 g/mol. The van der Waals surface area contributed by atoms with Gasteiger partial charge in [-0.15, -0.1) is 0 Å². The van der Waals surface area contributed by atoms with Crippen LogP contribution in [0.4, 0.5) is 10.2 Å². The first-order valence-electron chi connectivity index (χ1n) is 5.90. The van der Waals surface area contributed by atoms with Crippen molar-refractivity contribution in [3.63, 3.8) is 0 Å². The first-order valence-corrected chi connectivity index (χ1v) is 5.90. The minimum absolute atomic E-state index is 0.242. The number of halogens is 1. The molecule has 1 N–H and O–H groups in total. The number of nitrogens with one attached hydrogen (secondary N) is 1. The highest BCUT2D eigenvalue weighted by Gasteiger charge is 2.22. The molecule has 2 aromatic rings. The van der Waals surface area contributed by atoms with E-state index in [9.17, 15) is 4.39 Å². The first-order chi connectivity index (χ1) is 8.31. The largest absolute Gasteiger partial charge is 0.369 e. The van der Waals surface area contributed by atoms with E-state index in [-0.39, 0.29) is 5.82 Å². The summed E-state index contributed by atoms with van der Waals surface area (Å²) in [6.45, 7) is 2.99. The molecule has 1 aliphatic rings. The minimum Gasteiger partial charge on any atom is -0.369 e. The maximum absolute atomic E-state index is 13.8. The fourth-order valence-electron chi connectivity index (χ4n) is 2.33. The van der Waals surface area contributed by atoms with Crippen molar-refractivity contribution in [2.45, 2.75) is 19.8 Å². The van der Waals surface area contributed by atoms with E-state index in [4.69, 9.17) is 0 Å². The highest BCUT2D eigenvalue weighted by atomic mass is 19.1. The van der Waals surface area contributed by atoms with Crippen molar-refractivity contribution in [2.75, 3.05) is 11.9 Å². The van der Waals surface area contributed by atoms with Crippen molar-refractivity contribution >= 4 is 5.82 Å². The minimum atomic E-state index is -0.242. The Kier molecular flexibility index (Phi) is 2.35. The van der Waals surface area contributed by atoms with Gasteiger partial charge in [-0.1, -0.05) is 19.1 Å². The van der Waals surface area contributed by atoms with E-state index in [1.165, 1.54) is 11.6 Å². The summed E-state index contributed by atoms with van der Waals surface area (Å²) in [6, 6.07) is 6.73. The summed E-state index contributed by atoms with van der Waals surface area (Å²) in [7, 11) is 0. The number of anilines is 1. The number of nitrogens with zero attached hydrogens (tertiary/aromatic N) is 2.